The summed E-state index contributed by atoms with van der Waals surface area (Å²) < 4.78 is 5.41. The molecule has 1 saturated carbocycles. The number of nitrogens with one attached hydrogen (secondary N) is 1. The molecule has 1 aliphatic carbocycles. The molecule has 2 N–H and O–H groups in total. The fraction of sp³-hybridized carbons (Fsp3) is 1.00. The molecule has 0 bridgehead atoms. The highest BCUT2D eigenvalue weighted by Crippen LogP contribution is 2.27. The first-order valence-electron chi connectivity index (χ1n) is 5.37. The van der Waals surface area contributed by atoms with Crippen molar-refractivity contribution in [1.29, 1.82) is 0 Å². The Morgan fingerprint density at radius 2 is 2.08 bits per heavy atom. The van der Waals surface area contributed by atoms with E-state index in [2.05, 4.69) is 5.32 Å². The molecule has 0 unspecified atom stereocenters. The molecular formula is C10H19NO2. The summed E-state index contributed by atoms with van der Waals surface area (Å²) in [6.07, 6.45) is 4.48. The van der Waals surface area contributed by atoms with Crippen LogP contribution in [0.2, 0.25) is 0 Å². The Bertz CT molecular complexity index is 157. The van der Waals surface area contributed by atoms with Crippen LogP contribution in [0.3, 0.4) is 0 Å². The molecular weight excluding hydrogens is 166 g/mol. The topological polar surface area (TPSA) is 41.5 Å². The molecule has 0 aromatic carbocycles. The van der Waals surface area contributed by atoms with Gasteiger partial charge in [-0.05, 0) is 12.8 Å². The lowest BCUT2D eigenvalue weighted by molar-refractivity contribution is -0.00438. The second kappa shape index (κ2) is 4.40. The van der Waals surface area contributed by atoms with Crippen LogP contribution in [0.25, 0.3) is 0 Å². The van der Waals surface area contributed by atoms with E-state index < -0.39 is 0 Å². The van der Waals surface area contributed by atoms with Crippen molar-refractivity contribution >= 4 is 0 Å². The number of rotatable bonds is 1. The molecule has 3 atom stereocenters. The summed E-state index contributed by atoms with van der Waals surface area (Å²) in [5.41, 5.74) is 0. The van der Waals surface area contributed by atoms with E-state index in [1.54, 1.807) is 0 Å². The predicted molar refractivity (Wildman–Crippen MR) is 50.6 cm³/mol. The lowest BCUT2D eigenvalue weighted by Gasteiger charge is -2.36. The van der Waals surface area contributed by atoms with Crippen molar-refractivity contribution in [3.8, 4) is 0 Å². The lowest BCUT2D eigenvalue weighted by atomic mass is 9.81. The van der Waals surface area contributed by atoms with E-state index in [0.29, 0.717) is 12.0 Å². The lowest BCUT2D eigenvalue weighted by Crippen LogP contribution is -2.50. The second-order valence-corrected chi connectivity index (χ2v) is 4.15. The Hall–Kier alpha value is -0.120. The number of ether oxygens (including phenoxy) is 1. The zero-order valence-corrected chi connectivity index (χ0v) is 8.04. The van der Waals surface area contributed by atoms with Gasteiger partial charge in [0.25, 0.3) is 0 Å². The minimum Gasteiger partial charge on any atom is -0.393 e. The minimum atomic E-state index is -0.104. The zero-order chi connectivity index (χ0) is 9.10. The summed E-state index contributed by atoms with van der Waals surface area (Å²) in [7, 11) is 0. The van der Waals surface area contributed by atoms with Crippen LogP contribution in [0.4, 0.5) is 0 Å². The van der Waals surface area contributed by atoms with Crippen LogP contribution in [0.1, 0.15) is 25.7 Å². The van der Waals surface area contributed by atoms with Gasteiger partial charge in [0.2, 0.25) is 0 Å². The Labute approximate surface area is 79.5 Å². The van der Waals surface area contributed by atoms with Crippen LogP contribution < -0.4 is 5.32 Å². The molecule has 2 aliphatic rings. The summed E-state index contributed by atoms with van der Waals surface area (Å²) in [6.45, 7) is 2.54. The molecule has 76 valence electrons. The van der Waals surface area contributed by atoms with E-state index in [4.69, 9.17) is 4.74 Å². The Morgan fingerprint density at radius 3 is 2.77 bits per heavy atom. The van der Waals surface area contributed by atoms with Crippen molar-refractivity contribution < 1.29 is 9.84 Å². The van der Waals surface area contributed by atoms with Crippen molar-refractivity contribution in [3.05, 3.63) is 0 Å². The van der Waals surface area contributed by atoms with Gasteiger partial charge in [-0.25, -0.2) is 0 Å². The first kappa shape index (κ1) is 9.44. The van der Waals surface area contributed by atoms with Crippen LogP contribution >= 0.6 is 0 Å². The third-order valence-corrected chi connectivity index (χ3v) is 3.25. The van der Waals surface area contributed by atoms with Gasteiger partial charge in [0.05, 0.1) is 19.3 Å². The van der Waals surface area contributed by atoms with Gasteiger partial charge in [0, 0.05) is 18.5 Å². The third-order valence-electron chi connectivity index (χ3n) is 3.25. The Morgan fingerprint density at radius 1 is 1.23 bits per heavy atom. The molecule has 2 fully saturated rings. The molecule has 0 aromatic rings. The van der Waals surface area contributed by atoms with E-state index in [9.17, 15) is 5.11 Å². The summed E-state index contributed by atoms with van der Waals surface area (Å²) in [5, 5.41) is 13.3. The molecule has 13 heavy (non-hydrogen) atoms. The highest BCUT2D eigenvalue weighted by molar-refractivity contribution is 4.86. The van der Waals surface area contributed by atoms with Gasteiger partial charge < -0.3 is 15.2 Å². The van der Waals surface area contributed by atoms with Crippen molar-refractivity contribution in [2.24, 2.45) is 5.92 Å². The Balaban J connectivity index is 1.88. The first-order chi connectivity index (χ1) is 6.38. The number of hydrogen-bond donors (Lipinski definition) is 2. The van der Waals surface area contributed by atoms with E-state index in [1.807, 2.05) is 0 Å². The average Bonchev–Trinajstić information content (AvgIpc) is 2.20. The quantitative estimate of drug-likeness (QED) is 0.626. The van der Waals surface area contributed by atoms with Crippen LogP contribution in [0.5, 0.6) is 0 Å². The van der Waals surface area contributed by atoms with E-state index in [-0.39, 0.29) is 6.10 Å². The number of hydrogen-bond acceptors (Lipinski definition) is 3. The molecule has 1 heterocycles. The van der Waals surface area contributed by atoms with Gasteiger partial charge in [0.15, 0.2) is 0 Å². The van der Waals surface area contributed by atoms with E-state index in [0.717, 1.165) is 32.6 Å². The monoisotopic (exact) mass is 185 g/mol. The number of morpholine rings is 1. The number of aliphatic hydroxyl groups excluding tert-OH is 1. The van der Waals surface area contributed by atoms with Crippen molar-refractivity contribution in [3.63, 3.8) is 0 Å². The molecule has 3 nitrogen and oxygen atoms in total. The predicted octanol–water partition coefficient (Wildman–Crippen LogP) is 0.526. The highest BCUT2D eigenvalue weighted by Gasteiger charge is 2.31. The maximum absolute atomic E-state index is 9.83. The molecule has 0 amide bonds. The molecule has 2 rings (SSSR count). The van der Waals surface area contributed by atoms with E-state index >= 15 is 0 Å². The molecule has 3 heteroatoms. The first-order valence-corrected chi connectivity index (χ1v) is 5.37. The van der Waals surface area contributed by atoms with E-state index in [1.165, 1.54) is 12.8 Å². The zero-order valence-electron chi connectivity index (χ0n) is 8.04. The maximum atomic E-state index is 9.83. The third kappa shape index (κ3) is 2.22. The summed E-state index contributed by atoms with van der Waals surface area (Å²) in [5.74, 6) is 0.425. The van der Waals surface area contributed by atoms with Gasteiger partial charge in [-0.3, -0.25) is 0 Å². The average molecular weight is 185 g/mol. The fourth-order valence-electron chi connectivity index (χ4n) is 2.47. The largest absolute Gasteiger partial charge is 0.393 e. The number of aliphatic hydroxyl groups is 1. The molecule has 0 spiro atoms. The standard InChI is InChI=1S/C10H19NO2/c12-10-4-2-1-3-8(10)9-7-13-6-5-11-9/h8-12H,1-7H2/t8-,9-,10+/m0/s1. The van der Waals surface area contributed by atoms with Gasteiger partial charge in [-0.1, -0.05) is 12.8 Å². The normalized spacial score (nSPS) is 41.8. The van der Waals surface area contributed by atoms with Gasteiger partial charge in [-0.2, -0.15) is 0 Å². The molecule has 1 aliphatic heterocycles. The smallest absolute Gasteiger partial charge is 0.0623 e. The van der Waals surface area contributed by atoms with Crippen LogP contribution in [-0.2, 0) is 4.74 Å². The maximum Gasteiger partial charge on any atom is 0.0623 e. The second-order valence-electron chi connectivity index (χ2n) is 4.15. The summed E-state index contributed by atoms with van der Waals surface area (Å²) >= 11 is 0. The molecule has 0 aromatic heterocycles. The summed E-state index contributed by atoms with van der Waals surface area (Å²) in [6, 6.07) is 0.393. The minimum absolute atomic E-state index is 0.104. The highest BCUT2D eigenvalue weighted by atomic mass is 16.5. The SMILES string of the molecule is O[C@@H]1CCCC[C@H]1[C@@H]1COCCN1. The van der Waals surface area contributed by atoms with Gasteiger partial charge in [0.1, 0.15) is 0 Å². The fourth-order valence-corrected chi connectivity index (χ4v) is 2.47. The summed E-state index contributed by atoms with van der Waals surface area (Å²) in [4.78, 5) is 0. The van der Waals surface area contributed by atoms with Crippen LogP contribution in [0, 0.1) is 5.92 Å². The van der Waals surface area contributed by atoms with Gasteiger partial charge >= 0.3 is 0 Å². The molecule has 0 radical (unpaired) electrons. The van der Waals surface area contributed by atoms with Crippen LogP contribution in [0.15, 0.2) is 0 Å². The Kier molecular flexibility index (Phi) is 3.19. The molecule has 1 saturated heterocycles. The van der Waals surface area contributed by atoms with Crippen LogP contribution in [-0.4, -0.2) is 37.0 Å². The van der Waals surface area contributed by atoms with Gasteiger partial charge in [-0.15, -0.1) is 0 Å². The van der Waals surface area contributed by atoms with Crippen molar-refractivity contribution in [2.45, 2.75) is 37.8 Å². The van der Waals surface area contributed by atoms with Crippen molar-refractivity contribution in [1.82, 2.24) is 5.32 Å². The van der Waals surface area contributed by atoms with Crippen molar-refractivity contribution in [2.75, 3.05) is 19.8 Å².